The van der Waals surface area contributed by atoms with Gasteiger partial charge in [-0.2, -0.15) is 0 Å². The van der Waals surface area contributed by atoms with Crippen LogP contribution in [0.1, 0.15) is 25.7 Å². The Bertz CT molecular complexity index is 148. The molecule has 1 aliphatic heterocycles. The molecule has 1 saturated heterocycles. The van der Waals surface area contributed by atoms with Gasteiger partial charge in [-0.25, -0.2) is 0 Å². The second-order valence-corrected chi connectivity index (χ2v) is 6.25. The van der Waals surface area contributed by atoms with Crippen LogP contribution in [0.5, 0.6) is 0 Å². The van der Waals surface area contributed by atoms with Crippen molar-refractivity contribution in [1.29, 1.82) is 0 Å². The molecule has 0 aliphatic carbocycles. The predicted molar refractivity (Wildman–Crippen MR) is 66.1 cm³/mol. The topological polar surface area (TPSA) is 21.7 Å². The van der Waals surface area contributed by atoms with E-state index < -0.39 is 0 Å². The van der Waals surface area contributed by atoms with E-state index in [4.69, 9.17) is 9.47 Å². The molecule has 0 spiro atoms. The Morgan fingerprint density at radius 3 is 2.40 bits per heavy atom. The number of likely N-dealkylation sites (tertiary alicyclic amines) is 1. The van der Waals surface area contributed by atoms with Crippen molar-refractivity contribution in [1.82, 2.24) is 4.90 Å². The van der Waals surface area contributed by atoms with Crippen molar-refractivity contribution in [2.45, 2.75) is 37.6 Å². The molecule has 0 bridgehead atoms. The molecule has 0 aromatic heterocycles. The maximum absolute atomic E-state index is 5.22. The zero-order chi connectivity index (χ0) is 10.9. The third-order valence-corrected chi connectivity index (χ3v) is 5.18. The molecule has 0 radical (unpaired) electrons. The summed E-state index contributed by atoms with van der Waals surface area (Å²) < 4.78 is 10.4. The van der Waals surface area contributed by atoms with Gasteiger partial charge in [-0.05, 0) is 38.9 Å². The molecule has 0 saturated carbocycles. The van der Waals surface area contributed by atoms with Crippen molar-refractivity contribution in [2.75, 3.05) is 33.9 Å². The molecule has 0 aromatic rings. The highest BCUT2D eigenvalue weighted by atomic mass is 28.2. The van der Waals surface area contributed by atoms with Crippen LogP contribution in [0, 0.1) is 0 Å². The second-order valence-electron chi connectivity index (χ2n) is 4.30. The van der Waals surface area contributed by atoms with E-state index in [1.54, 1.807) is 14.2 Å². The van der Waals surface area contributed by atoms with Crippen LogP contribution in [-0.4, -0.2) is 54.2 Å². The number of hydrogen-bond donors (Lipinski definition) is 0. The molecule has 0 N–H and O–H groups in total. The van der Waals surface area contributed by atoms with E-state index in [1.807, 2.05) is 0 Å². The van der Waals surface area contributed by atoms with Crippen molar-refractivity contribution in [3.63, 3.8) is 0 Å². The maximum Gasteiger partial charge on any atom is 0.134 e. The summed E-state index contributed by atoms with van der Waals surface area (Å²) in [6.45, 7) is 3.92. The van der Waals surface area contributed by atoms with Crippen molar-refractivity contribution in [3.8, 4) is 0 Å². The quantitative estimate of drug-likeness (QED) is 0.371. The molecule has 3 nitrogen and oxygen atoms in total. The van der Waals surface area contributed by atoms with E-state index in [-0.39, 0.29) is 15.4 Å². The lowest BCUT2D eigenvalue weighted by atomic mass is 10.1. The van der Waals surface area contributed by atoms with Crippen LogP contribution < -0.4 is 0 Å². The zero-order valence-corrected chi connectivity index (χ0v) is 11.6. The molecule has 0 unspecified atom stereocenters. The van der Waals surface area contributed by atoms with E-state index >= 15 is 0 Å². The lowest BCUT2D eigenvalue weighted by Crippen LogP contribution is -2.31. The summed E-state index contributed by atoms with van der Waals surface area (Å²) in [5.41, 5.74) is 0. The van der Waals surface area contributed by atoms with Gasteiger partial charge < -0.3 is 14.4 Å². The van der Waals surface area contributed by atoms with Crippen LogP contribution in [0.15, 0.2) is 0 Å². The van der Waals surface area contributed by atoms with Gasteiger partial charge in [-0.15, -0.1) is 0 Å². The third kappa shape index (κ3) is 5.66. The monoisotopic (exact) mass is 231 g/mol. The summed E-state index contributed by atoms with van der Waals surface area (Å²) in [5, 5.41) is 0. The first kappa shape index (κ1) is 13.2. The van der Waals surface area contributed by atoms with E-state index in [0.717, 1.165) is 0 Å². The largest absolute Gasteiger partial charge is 0.360 e. The lowest BCUT2D eigenvalue weighted by molar-refractivity contribution is -0.0441. The Morgan fingerprint density at radius 1 is 1.13 bits per heavy atom. The maximum atomic E-state index is 5.22. The SMILES string of the molecule is COC(OC)[SiH2]CCCN1CCCCC1. The lowest BCUT2D eigenvalue weighted by Gasteiger charge is -2.26. The minimum atomic E-state index is -0.192. The molecule has 1 heterocycles. The first-order chi connectivity index (χ1) is 7.36. The zero-order valence-electron chi connectivity index (χ0n) is 10.2. The minimum absolute atomic E-state index is 0.131. The van der Waals surface area contributed by atoms with Crippen LogP contribution >= 0.6 is 0 Å². The smallest absolute Gasteiger partial charge is 0.134 e. The Labute approximate surface area is 95.9 Å². The van der Waals surface area contributed by atoms with E-state index in [0.29, 0.717) is 0 Å². The summed E-state index contributed by atoms with van der Waals surface area (Å²) in [7, 11) is 3.29. The van der Waals surface area contributed by atoms with Gasteiger partial charge >= 0.3 is 0 Å². The van der Waals surface area contributed by atoms with Gasteiger partial charge in [0.2, 0.25) is 0 Å². The molecular formula is C11H25NO2Si. The summed E-state index contributed by atoms with van der Waals surface area (Å²) in [6.07, 6.45) is 5.56. The van der Waals surface area contributed by atoms with Crippen LogP contribution in [0.3, 0.4) is 0 Å². The fourth-order valence-corrected chi connectivity index (χ4v) is 3.48. The van der Waals surface area contributed by atoms with Gasteiger partial charge in [-0.1, -0.05) is 12.5 Å². The molecular weight excluding hydrogens is 206 g/mol. The Balaban J connectivity index is 1.95. The van der Waals surface area contributed by atoms with E-state index in [9.17, 15) is 0 Å². The Hall–Kier alpha value is 0.0969. The molecule has 0 amide bonds. The number of piperidine rings is 1. The first-order valence-electron chi connectivity index (χ1n) is 6.14. The highest BCUT2D eigenvalue weighted by Gasteiger charge is 2.10. The average molecular weight is 231 g/mol. The van der Waals surface area contributed by atoms with Crippen molar-refractivity contribution < 1.29 is 9.47 Å². The third-order valence-electron chi connectivity index (χ3n) is 3.14. The number of rotatable bonds is 7. The summed E-state index contributed by atoms with van der Waals surface area (Å²) >= 11 is 0. The molecule has 1 rings (SSSR count). The highest BCUT2D eigenvalue weighted by Crippen LogP contribution is 2.09. The molecule has 1 fully saturated rings. The standard InChI is InChI=1S/C11H25NO2Si/c1-13-11(14-2)15-10-6-9-12-7-4-3-5-8-12/h11H,3-10,15H2,1-2H3. The van der Waals surface area contributed by atoms with Gasteiger partial charge in [0.1, 0.15) is 5.91 Å². The van der Waals surface area contributed by atoms with Crippen LogP contribution in [0.25, 0.3) is 0 Å². The average Bonchev–Trinajstić information content (AvgIpc) is 2.31. The van der Waals surface area contributed by atoms with Gasteiger partial charge in [0.25, 0.3) is 0 Å². The van der Waals surface area contributed by atoms with Crippen molar-refractivity contribution >= 4 is 9.52 Å². The second kappa shape index (κ2) is 8.27. The number of hydrogen-bond acceptors (Lipinski definition) is 3. The molecule has 15 heavy (non-hydrogen) atoms. The summed E-state index contributed by atoms with van der Waals surface area (Å²) in [5.74, 6) is 0.131. The van der Waals surface area contributed by atoms with E-state index in [1.165, 1.54) is 51.4 Å². The van der Waals surface area contributed by atoms with Crippen molar-refractivity contribution in [3.05, 3.63) is 0 Å². The normalized spacial score (nSPS) is 19.4. The number of methoxy groups -OCH3 is 2. The molecule has 0 aromatic carbocycles. The molecule has 90 valence electrons. The Morgan fingerprint density at radius 2 is 1.80 bits per heavy atom. The van der Waals surface area contributed by atoms with Crippen molar-refractivity contribution in [2.24, 2.45) is 0 Å². The van der Waals surface area contributed by atoms with Crippen LogP contribution in [0.4, 0.5) is 0 Å². The summed E-state index contributed by atoms with van der Waals surface area (Å²) in [4.78, 5) is 2.60. The van der Waals surface area contributed by atoms with Crippen LogP contribution in [-0.2, 0) is 9.47 Å². The van der Waals surface area contributed by atoms with Gasteiger partial charge in [0.05, 0.1) is 9.52 Å². The minimum Gasteiger partial charge on any atom is -0.360 e. The highest BCUT2D eigenvalue weighted by molar-refractivity contribution is 6.36. The molecule has 0 atom stereocenters. The summed E-state index contributed by atoms with van der Waals surface area (Å²) in [6, 6.07) is 1.34. The van der Waals surface area contributed by atoms with Gasteiger partial charge in [0.15, 0.2) is 0 Å². The fraction of sp³-hybridized carbons (Fsp3) is 1.00. The van der Waals surface area contributed by atoms with Gasteiger partial charge in [0, 0.05) is 14.2 Å². The molecule has 1 aliphatic rings. The van der Waals surface area contributed by atoms with E-state index in [2.05, 4.69) is 4.90 Å². The fourth-order valence-electron chi connectivity index (χ4n) is 2.16. The number of nitrogens with zero attached hydrogens (tertiary/aromatic N) is 1. The molecule has 4 heteroatoms. The van der Waals surface area contributed by atoms with Gasteiger partial charge in [-0.3, -0.25) is 0 Å². The Kier molecular flexibility index (Phi) is 7.26. The number of ether oxygens (including phenoxy) is 2. The predicted octanol–water partition coefficient (Wildman–Crippen LogP) is 1.03. The first-order valence-corrected chi connectivity index (χ1v) is 7.96. The van der Waals surface area contributed by atoms with Crippen LogP contribution in [0.2, 0.25) is 6.04 Å².